The fourth-order valence-corrected chi connectivity index (χ4v) is 6.70. The van der Waals surface area contributed by atoms with Crippen molar-refractivity contribution < 1.29 is 22.7 Å². The van der Waals surface area contributed by atoms with Crippen LogP contribution in [0.25, 0.3) is 28.0 Å². The topological polar surface area (TPSA) is 139 Å². The minimum absolute atomic E-state index is 0.0443. The lowest BCUT2D eigenvalue weighted by Gasteiger charge is -2.40. The van der Waals surface area contributed by atoms with Crippen LogP contribution in [0.15, 0.2) is 59.0 Å². The Kier molecular flexibility index (Phi) is 8.21. The first-order valence-corrected chi connectivity index (χ1v) is 15.7. The highest BCUT2D eigenvalue weighted by Crippen LogP contribution is 2.39. The van der Waals surface area contributed by atoms with Gasteiger partial charge in [-0.05, 0) is 63.6 Å². The van der Waals surface area contributed by atoms with E-state index >= 15 is 4.39 Å². The standard InChI is InChI=1S/C30H30ClFN6O5S/c1-6-23(40)36-12-13-37(18(5)15-36)27-19-14-20(31)25(24-21(32)8-7-9-22(24)39)34-28(19)38(30(41)35-27)26-17(4)10-11-33-29(26)44(42,43)16(2)3/h6-11,14,16,18,39H,1,12-13,15H2,2-5H3/t18-/m0/s1. The van der Waals surface area contributed by atoms with Gasteiger partial charge in [-0.25, -0.2) is 32.1 Å². The van der Waals surface area contributed by atoms with Gasteiger partial charge >= 0.3 is 5.69 Å². The highest BCUT2D eigenvalue weighted by atomic mass is 35.5. The number of hydrogen-bond acceptors (Lipinski definition) is 9. The minimum Gasteiger partial charge on any atom is -0.507 e. The number of carbonyl (C=O) groups excluding carboxylic acids is 1. The van der Waals surface area contributed by atoms with Crippen molar-refractivity contribution in [1.29, 1.82) is 0 Å². The molecule has 0 aliphatic carbocycles. The van der Waals surface area contributed by atoms with Crippen molar-refractivity contribution in [3.05, 3.63) is 76.1 Å². The van der Waals surface area contributed by atoms with E-state index < -0.39 is 32.3 Å². The van der Waals surface area contributed by atoms with Crippen LogP contribution in [-0.2, 0) is 14.6 Å². The number of aromatic hydroxyl groups is 1. The zero-order chi connectivity index (χ0) is 32.1. The fourth-order valence-electron chi connectivity index (χ4n) is 5.28. The van der Waals surface area contributed by atoms with E-state index in [0.29, 0.717) is 25.2 Å². The van der Waals surface area contributed by atoms with Crippen LogP contribution < -0.4 is 10.6 Å². The third-order valence-corrected chi connectivity index (χ3v) is 9.99. The highest BCUT2D eigenvalue weighted by Gasteiger charge is 2.32. The van der Waals surface area contributed by atoms with Crippen molar-refractivity contribution in [1.82, 2.24) is 24.4 Å². The molecule has 14 heteroatoms. The van der Waals surface area contributed by atoms with Gasteiger partial charge in [0.2, 0.25) is 5.91 Å². The normalized spacial score (nSPS) is 15.7. The van der Waals surface area contributed by atoms with E-state index in [-0.39, 0.29) is 55.8 Å². The van der Waals surface area contributed by atoms with Crippen molar-refractivity contribution in [2.45, 2.75) is 44.0 Å². The van der Waals surface area contributed by atoms with Gasteiger partial charge in [0.1, 0.15) is 17.4 Å². The Balaban J connectivity index is 1.87. The van der Waals surface area contributed by atoms with Crippen molar-refractivity contribution in [2.24, 2.45) is 0 Å². The number of sulfone groups is 1. The van der Waals surface area contributed by atoms with Gasteiger partial charge in [0, 0.05) is 31.9 Å². The van der Waals surface area contributed by atoms with Crippen molar-refractivity contribution >= 4 is 44.2 Å². The first-order chi connectivity index (χ1) is 20.8. The Labute approximate surface area is 258 Å². The van der Waals surface area contributed by atoms with E-state index in [9.17, 15) is 23.1 Å². The number of phenolic OH excluding ortho intramolecular Hbond substituents is 1. The molecule has 0 saturated carbocycles. The summed E-state index contributed by atoms with van der Waals surface area (Å²) < 4.78 is 43.0. The maximum Gasteiger partial charge on any atom is 0.355 e. The summed E-state index contributed by atoms with van der Waals surface area (Å²) in [4.78, 5) is 42.9. The number of halogens is 2. The molecule has 11 nitrogen and oxygen atoms in total. The number of rotatable bonds is 6. The van der Waals surface area contributed by atoms with Gasteiger partial charge in [0.25, 0.3) is 0 Å². The molecule has 1 fully saturated rings. The highest BCUT2D eigenvalue weighted by molar-refractivity contribution is 7.92. The molecule has 1 amide bonds. The molecule has 1 atom stereocenters. The van der Waals surface area contributed by atoms with Crippen LogP contribution in [0.5, 0.6) is 5.75 Å². The Morgan fingerprint density at radius 3 is 2.59 bits per heavy atom. The van der Waals surface area contributed by atoms with Crippen molar-refractivity contribution in [3.8, 4) is 22.7 Å². The number of fused-ring (bicyclic) bond motifs is 1. The molecule has 1 N–H and O–H groups in total. The third-order valence-electron chi connectivity index (χ3n) is 7.62. The number of aryl methyl sites for hydroxylation is 1. The molecule has 230 valence electrons. The number of phenols is 1. The summed E-state index contributed by atoms with van der Waals surface area (Å²) in [6.07, 6.45) is 2.57. The zero-order valence-electron chi connectivity index (χ0n) is 24.5. The van der Waals surface area contributed by atoms with E-state index in [1.807, 2.05) is 11.8 Å². The number of hydrogen-bond donors (Lipinski definition) is 1. The van der Waals surface area contributed by atoms with Gasteiger partial charge in [0.05, 0.1) is 32.6 Å². The maximum absolute atomic E-state index is 15.1. The van der Waals surface area contributed by atoms with Gasteiger partial charge in [-0.15, -0.1) is 0 Å². The first-order valence-electron chi connectivity index (χ1n) is 13.8. The SMILES string of the molecule is C=CC(=O)N1CCN(c2nc(=O)n(-c3c(C)ccnc3S(=O)(=O)C(C)C)c3nc(-c4c(O)cccc4F)c(Cl)cc23)[C@@H](C)C1. The molecule has 4 aromatic rings. The van der Waals surface area contributed by atoms with Crippen LogP contribution in [0.4, 0.5) is 10.2 Å². The number of pyridine rings is 2. The Morgan fingerprint density at radius 2 is 1.95 bits per heavy atom. The van der Waals surface area contributed by atoms with Crippen LogP contribution in [0.2, 0.25) is 5.02 Å². The van der Waals surface area contributed by atoms with E-state index in [4.69, 9.17) is 11.6 Å². The smallest absolute Gasteiger partial charge is 0.355 e. The Hall–Kier alpha value is -4.36. The fraction of sp³-hybridized carbons (Fsp3) is 0.300. The predicted octanol–water partition coefficient (Wildman–Crippen LogP) is 4.05. The quantitative estimate of drug-likeness (QED) is 0.309. The molecule has 44 heavy (non-hydrogen) atoms. The largest absolute Gasteiger partial charge is 0.507 e. The maximum atomic E-state index is 15.1. The van der Waals surface area contributed by atoms with Gasteiger partial charge in [-0.1, -0.05) is 24.2 Å². The summed E-state index contributed by atoms with van der Waals surface area (Å²) in [5.74, 6) is -1.26. The van der Waals surface area contributed by atoms with E-state index in [2.05, 4.69) is 21.5 Å². The third kappa shape index (κ3) is 5.19. The average Bonchev–Trinajstić information content (AvgIpc) is 2.97. The van der Waals surface area contributed by atoms with Gasteiger partial charge < -0.3 is 14.9 Å². The number of anilines is 1. The van der Waals surface area contributed by atoms with Crippen molar-refractivity contribution in [3.63, 3.8) is 0 Å². The summed E-state index contributed by atoms with van der Waals surface area (Å²) >= 11 is 6.68. The van der Waals surface area contributed by atoms with Gasteiger partial charge in [0.15, 0.2) is 20.5 Å². The summed E-state index contributed by atoms with van der Waals surface area (Å²) in [6, 6.07) is 6.44. The van der Waals surface area contributed by atoms with Crippen LogP contribution in [0.3, 0.4) is 0 Å². The molecule has 0 radical (unpaired) electrons. The molecule has 0 spiro atoms. The Morgan fingerprint density at radius 1 is 1.23 bits per heavy atom. The lowest BCUT2D eigenvalue weighted by molar-refractivity contribution is -0.126. The van der Waals surface area contributed by atoms with Crippen LogP contribution >= 0.6 is 11.6 Å². The molecule has 5 rings (SSSR count). The number of benzene rings is 1. The second-order valence-electron chi connectivity index (χ2n) is 10.8. The summed E-state index contributed by atoms with van der Waals surface area (Å²) in [7, 11) is -4.01. The number of aromatic nitrogens is 4. The lowest BCUT2D eigenvalue weighted by Crippen LogP contribution is -2.54. The molecule has 1 saturated heterocycles. The number of amides is 1. The number of piperazine rings is 1. The lowest BCUT2D eigenvalue weighted by atomic mass is 10.1. The minimum atomic E-state index is -4.01. The van der Waals surface area contributed by atoms with Gasteiger partial charge in [-0.2, -0.15) is 4.98 Å². The summed E-state index contributed by atoms with van der Waals surface area (Å²) in [5.41, 5.74) is -1.05. The van der Waals surface area contributed by atoms with E-state index in [0.717, 1.165) is 10.6 Å². The average molecular weight is 641 g/mol. The molecule has 0 unspecified atom stereocenters. The number of nitrogens with zero attached hydrogens (tertiary/aromatic N) is 6. The Bertz CT molecular complexity index is 1980. The van der Waals surface area contributed by atoms with Crippen LogP contribution in [-0.4, -0.2) is 74.8 Å². The zero-order valence-corrected chi connectivity index (χ0v) is 26.0. The summed E-state index contributed by atoms with van der Waals surface area (Å²) in [6.45, 7) is 11.0. The van der Waals surface area contributed by atoms with E-state index in [1.165, 1.54) is 44.3 Å². The number of carbonyl (C=O) groups is 1. The molecular weight excluding hydrogens is 611 g/mol. The van der Waals surface area contributed by atoms with E-state index in [1.54, 1.807) is 17.9 Å². The first kappa shape index (κ1) is 31.1. The summed E-state index contributed by atoms with van der Waals surface area (Å²) in [5, 5.41) is 9.57. The van der Waals surface area contributed by atoms with Crippen molar-refractivity contribution in [2.75, 3.05) is 24.5 Å². The molecule has 1 aliphatic heterocycles. The second-order valence-corrected chi connectivity index (χ2v) is 13.6. The molecule has 3 aromatic heterocycles. The molecule has 0 bridgehead atoms. The monoisotopic (exact) mass is 640 g/mol. The predicted molar refractivity (Wildman–Crippen MR) is 166 cm³/mol. The molecular formula is C30H30ClFN6O5S. The second kappa shape index (κ2) is 11.6. The molecule has 1 aromatic carbocycles. The van der Waals surface area contributed by atoms with Gasteiger partial charge in [-0.3, -0.25) is 4.79 Å². The van der Waals surface area contributed by atoms with Crippen LogP contribution in [0.1, 0.15) is 26.3 Å². The molecule has 1 aliphatic rings. The van der Waals surface area contributed by atoms with Crippen LogP contribution in [0, 0.1) is 12.7 Å². The molecule has 4 heterocycles.